The number of pyridine rings is 1. The van der Waals surface area contributed by atoms with Gasteiger partial charge in [0.2, 0.25) is 0 Å². The average molecular weight is 252 g/mol. The molecule has 0 unspecified atom stereocenters. The minimum absolute atomic E-state index is 0.365. The summed E-state index contributed by atoms with van der Waals surface area (Å²) >= 11 is 5.68. The molecule has 0 fully saturated rings. The van der Waals surface area contributed by atoms with Crippen molar-refractivity contribution in [1.82, 2.24) is 4.98 Å². The molecule has 0 atom stereocenters. The number of hydrogen-bond acceptors (Lipinski definition) is 3. The van der Waals surface area contributed by atoms with Gasteiger partial charge in [0.15, 0.2) is 0 Å². The van der Waals surface area contributed by atoms with Crippen LogP contribution in [0.25, 0.3) is 0 Å². The molecule has 2 rings (SSSR count). The van der Waals surface area contributed by atoms with Gasteiger partial charge >= 0.3 is 0 Å². The molecule has 17 heavy (non-hydrogen) atoms. The number of anilines is 3. The SMILES string of the molecule is CNc1cncc(Nc2ccc(Cl)cc2F)c1. The van der Waals surface area contributed by atoms with Gasteiger partial charge in [-0.15, -0.1) is 0 Å². The fourth-order valence-electron chi connectivity index (χ4n) is 1.39. The van der Waals surface area contributed by atoms with Crippen LogP contribution < -0.4 is 10.6 Å². The van der Waals surface area contributed by atoms with Gasteiger partial charge in [0, 0.05) is 12.1 Å². The molecule has 2 aromatic rings. The highest BCUT2D eigenvalue weighted by Crippen LogP contribution is 2.23. The Hall–Kier alpha value is -1.81. The van der Waals surface area contributed by atoms with E-state index in [1.54, 1.807) is 31.6 Å². The first-order chi connectivity index (χ1) is 8.19. The normalized spacial score (nSPS) is 10.1. The van der Waals surface area contributed by atoms with E-state index in [9.17, 15) is 4.39 Å². The lowest BCUT2D eigenvalue weighted by molar-refractivity contribution is 0.632. The van der Waals surface area contributed by atoms with Crippen LogP contribution in [-0.2, 0) is 0 Å². The number of hydrogen-bond donors (Lipinski definition) is 2. The van der Waals surface area contributed by atoms with Crippen LogP contribution in [0.15, 0.2) is 36.7 Å². The maximum absolute atomic E-state index is 13.5. The van der Waals surface area contributed by atoms with Crippen molar-refractivity contribution < 1.29 is 4.39 Å². The Morgan fingerprint density at radius 2 is 1.94 bits per heavy atom. The molecule has 1 aromatic carbocycles. The average Bonchev–Trinajstić information content (AvgIpc) is 2.33. The van der Waals surface area contributed by atoms with E-state index in [2.05, 4.69) is 15.6 Å². The van der Waals surface area contributed by atoms with Crippen molar-refractivity contribution in [2.24, 2.45) is 0 Å². The maximum Gasteiger partial charge on any atom is 0.148 e. The Labute approximate surface area is 104 Å². The molecule has 88 valence electrons. The zero-order chi connectivity index (χ0) is 12.3. The molecule has 0 aliphatic rings. The van der Waals surface area contributed by atoms with Crippen molar-refractivity contribution in [3.05, 3.63) is 47.5 Å². The van der Waals surface area contributed by atoms with Gasteiger partial charge in [-0.1, -0.05) is 11.6 Å². The first-order valence-corrected chi connectivity index (χ1v) is 5.42. The summed E-state index contributed by atoms with van der Waals surface area (Å²) in [5, 5.41) is 6.27. The first kappa shape index (κ1) is 11.7. The van der Waals surface area contributed by atoms with Gasteiger partial charge in [-0.2, -0.15) is 0 Å². The van der Waals surface area contributed by atoms with Gasteiger partial charge < -0.3 is 10.6 Å². The fourth-order valence-corrected chi connectivity index (χ4v) is 1.55. The van der Waals surface area contributed by atoms with E-state index in [-0.39, 0.29) is 0 Å². The number of nitrogens with zero attached hydrogens (tertiary/aromatic N) is 1. The largest absolute Gasteiger partial charge is 0.387 e. The minimum Gasteiger partial charge on any atom is -0.387 e. The van der Waals surface area contributed by atoms with Crippen LogP contribution in [0.3, 0.4) is 0 Å². The van der Waals surface area contributed by atoms with Crippen molar-refractivity contribution in [2.45, 2.75) is 0 Å². The molecule has 3 nitrogen and oxygen atoms in total. The van der Waals surface area contributed by atoms with Crippen LogP contribution in [0, 0.1) is 5.82 Å². The van der Waals surface area contributed by atoms with Gasteiger partial charge in [-0.3, -0.25) is 4.98 Å². The van der Waals surface area contributed by atoms with Crippen molar-refractivity contribution in [1.29, 1.82) is 0 Å². The van der Waals surface area contributed by atoms with Gasteiger partial charge in [0.1, 0.15) is 5.82 Å². The monoisotopic (exact) mass is 251 g/mol. The van der Waals surface area contributed by atoms with Crippen LogP contribution in [0.2, 0.25) is 5.02 Å². The Balaban J connectivity index is 2.25. The minimum atomic E-state index is -0.396. The topological polar surface area (TPSA) is 37.0 Å². The molecule has 0 spiro atoms. The smallest absolute Gasteiger partial charge is 0.148 e. The quantitative estimate of drug-likeness (QED) is 0.874. The summed E-state index contributed by atoms with van der Waals surface area (Å²) in [7, 11) is 1.80. The summed E-state index contributed by atoms with van der Waals surface area (Å²) in [6, 6.07) is 6.31. The summed E-state index contributed by atoms with van der Waals surface area (Å²) in [6.07, 6.45) is 3.30. The molecule has 0 radical (unpaired) electrons. The molecule has 0 aliphatic carbocycles. The Morgan fingerprint density at radius 3 is 2.65 bits per heavy atom. The first-order valence-electron chi connectivity index (χ1n) is 5.04. The molecule has 0 saturated heterocycles. The summed E-state index contributed by atoms with van der Waals surface area (Å²) in [6.45, 7) is 0. The van der Waals surface area contributed by atoms with Crippen LogP contribution in [0.5, 0.6) is 0 Å². The number of halogens is 2. The third kappa shape index (κ3) is 2.85. The van der Waals surface area contributed by atoms with E-state index in [1.807, 2.05) is 6.07 Å². The Morgan fingerprint density at radius 1 is 1.18 bits per heavy atom. The van der Waals surface area contributed by atoms with E-state index in [0.29, 0.717) is 16.4 Å². The van der Waals surface area contributed by atoms with Crippen LogP contribution in [0.4, 0.5) is 21.5 Å². The zero-order valence-corrected chi connectivity index (χ0v) is 9.92. The molecule has 1 heterocycles. The molecular weight excluding hydrogens is 241 g/mol. The number of rotatable bonds is 3. The standard InChI is InChI=1S/C12H11ClFN3/c1-15-9-5-10(7-16-6-9)17-12-3-2-8(13)4-11(12)14/h2-7,15,17H,1H3. The van der Waals surface area contributed by atoms with Crippen molar-refractivity contribution >= 4 is 28.7 Å². The van der Waals surface area contributed by atoms with Gasteiger partial charge in [-0.25, -0.2) is 4.39 Å². The van der Waals surface area contributed by atoms with Gasteiger partial charge in [0.05, 0.1) is 29.5 Å². The highest BCUT2D eigenvalue weighted by Gasteiger charge is 2.03. The summed E-state index contributed by atoms with van der Waals surface area (Å²) in [5.74, 6) is -0.396. The van der Waals surface area contributed by atoms with Crippen molar-refractivity contribution in [2.75, 3.05) is 17.7 Å². The van der Waals surface area contributed by atoms with E-state index < -0.39 is 5.82 Å². The lowest BCUT2D eigenvalue weighted by Gasteiger charge is -2.08. The highest BCUT2D eigenvalue weighted by molar-refractivity contribution is 6.30. The molecular formula is C12H11ClFN3. The van der Waals surface area contributed by atoms with Crippen LogP contribution in [-0.4, -0.2) is 12.0 Å². The molecule has 1 aromatic heterocycles. The van der Waals surface area contributed by atoms with E-state index >= 15 is 0 Å². The third-order valence-corrected chi connectivity index (χ3v) is 2.47. The van der Waals surface area contributed by atoms with Crippen LogP contribution >= 0.6 is 11.6 Å². The molecule has 0 saturated carbocycles. The maximum atomic E-state index is 13.5. The number of nitrogens with one attached hydrogen (secondary N) is 2. The predicted molar refractivity (Wildman–Crippen MR) is 68.5 cm³/mol. The zero-order valence-electron chi connectivity index (χ0n) is 9.17. The molecule has 5 heteroatoms. The van der Waals surface area contributed by atoms with Gasteiger partial charge in [0.25, 0.3) is 0 Å². The number of aromatic nitrogens is 1. The van der Waals surface area contributed by atoms with Crippen molar-refractivity contribution in [3.8, 4) is 0 Å². The second-order valence-electron chi connectivity index (χ2n) is 3.46. The molecule has 0 bridgehead atoms. The fraction of sp³-hybridized carbons (Fsp3) is 0.0833. The molecule has 0 aliphatic heterocycles. The lowest BCUT2D eigenvalue weighted by Crippen LogP contribution is -1.96. The molecule has 0 amide bonds. The lowest BCUT2D eigenvalue weighted by atomic mass is 10.3. The van der Waals surface area contributed by atoms with Gasteiger partial charge in [-0.05, 0) is 24.3 Å². The summed E-state index contributed by atoms with van der Waals surface area (Å²) in [5.41, 5.74) is 1.92. The second-order valence-corrected chi connectivity index (χ2v) is 3.90. The second kappa shape index (κ2) is 5.01. The highest BCUT2D eigenvalue weighted by atomic mass is 35.5. The Bertz CT molecular complexity index is 531. The third-order valence-electron chi connectivity index (χ3n) is 2.24. The van der Waals surface area contributed by atoms with E-state index in [4.69, 9.17) is 11.6 Å². The van der Waals surface area contributed by atoms with E-state index in [1.165, 1.54) is 6.07 Å². The summed E-state index contributed by atoms with van der Waals surface area (Å²) in [4.78, 5) is 4.03. The predicted octanol–water partition coefficient (Wildman–Crippen LogP) is 3.66. The summed E-state index contributed by atoms with van der Waals surface area (Å²) < 4.78 is 13.5. The van der Waals surface area contributed by atoms with Crippen molar-refractivity contribution in [3.63, 3.8) is 0 Å². The Kier molecular flexibility index (Phi) is 3.44. The number of benzene rings is 1. The molecule has 2 N–H and O–H groups in total. The van der Waals surface area contributed by atoms with Crippen LogP contribution in [0.1, 0.15) is 0 Å². The van der Waals surface area contributed by atoms with E-state index in [0.717, 1.165) is 5.69 Å².